The molecule has 0 unspecified atom stereocenters. The van der Waals surface area contributed by atoms with E-state index in [1.165, 1.54) is 39.5 Å². The van der Waals surface area contributed by atoms with E-state index >= 15 is 0 Å². The highest BCUT2D eigenvalue weighted by molar-refractivity contribution is 6.36. The number of carbonyl (C=O) groups is 1. The van der Waals surface area contributed by atoms with Crippen molar-refractivity contribution in [3.63, 3.8) is 0 Å². The second kappa shape index (κ2) is 7.21. The lowest BCUT2D eigenvalue weighted by atomic mass is 10.1. The maximum absolute atomic E-state index is 14.6. The number of anilines is 1. The first kappa shape index (κ1) is 18.3. The number of amides is 1. The molecule has 0 radical (unpaired) electrons. The summed E-state index contributed by atoms with van der Waals surface area (Å²) >= 11 is 11.9. The van der Waals surface area contributed by atoms with Gasteiger partial charge in [-0.3, -0.25) is 9.63 Å². The standard InChI is InChI=1S/C15H14Cl2FN3O3/c1-21(24-3)15(22)13-11(17)9(19)6-10(20-13)7-4-5-8(16)14(23-2)12(7)18/h4-6H,1-3H3,(H2,19,20). The van der Waals surface area contributed by atoms with E-state index in [4.69, 9.17) is 38.5 Å². The Hall–Kier alpha value is -2.09. The van der Waals surface area contributed by atoms with Crippen LogP contribution in [0.3, 0.4) is 0 Å². The lowest BCUT2D eigenvalue weighted by Crippen LogP contribution is -2.27. The van der Waals surface area contributed by atoms with Gasteiger partial charge in [0.15, 0.2) is 17.3 Å². The molecule has 0 fully saturated rings. The molecule has 24 heavy (non-hydrogen) atoms. The van der Waals surface area contributed by atoms with Crippen LogP contribution in [0.15, 0.2) is 18.2 Å². The summed E-state index contributed by atoms with van der Waals surface area (Å²) in [4.78, 5) is 21.2. The van der Waals surface area contributed by atoms with E-state index in [0.29, 0.717) is 0 Å². The van der Waals surface area contributed by atoms with Crippen molar-refractivity contribution in [3.05, 3.63) is 39.8 Å². The lowest BCUT2D eigenvalue weighted by molar-refractivity contribution is -0.0760. The van der Waals surface area contributed by atoms with Crippen LogP contribution in [0.5, 0.6) is 5.75 Å². The van der Waals surface area contributed by atoms with Crippen LogP contribution < -0.4 is 10.5 Å². The van der Waals surface area contributed by atoms with Crippen LogP contribution in [0.1, 0.15) is 10.5 Å². The van der Waals surface area contributed by atoms with Crippen molar-refractivity contribution in [2.24, 2.45) is 0 Å². The molecule has 0 spiro atoms. The van der Waals surface area contributed by atoms with E-state index in [2.05, 4.69) is 4.98 Å². The minimum Gasteiger partial charge on any atom is -0.492 e. The number of aromatic nitrogens is 1. The molecule has 0 atom stereocenters. The number of ether oxygens (including phenoxy) is 1. The highest BCUT2D eigenvalue weighted by Gasteiger charge is 2.23. The van der Waals surface area contributed by atoms with Gasteiger partial charge < -0.3 is 10.5 Å². The highest BCUT2D eigenvalue weighted by atomic mass is 35.5. The number of nitrogens with two attached hydrogens (primary N) is 1. The van der Waals surface area contributed by atoms with Crippen molar-refractivity contribution in [3.8, 4) is 17.0 Å². The molecule has 1 amide bonds. The van der Waals surface area contributed by atoms with Crippen molar-refractivity contribution in [1.29, 1.82) is 0 Å². The molecule has 1 aromatic heterocycles. The van der Waals surface area contributed by atoms with E-state index in [0.717, 1.165) is 5.06 Å². The van der Waals surface area contributed by atoms with Gasteiger partial charge in [-0.25, -0.2) is 14.4 Å². The number of hydroxylamine groups is 2. The molecular weight excluding hydrogens is 360 g/mol. The Kier molecular flexibility index (Phi) is 5.48. The van der Waals surface area contributed by atoms with E-state index in [1.807, 2.05) is 0 Å². The average molecular weight is 374 g/mol. The molecule has 1 heterocycles. The first-order valence-corrected chi connectivity index (χ1v) is 7.37. The Balaban J connectivity index is 2.65. The zero-order valence-corrected chi connectivity index (χ0v) is 14.6. The van der Waals surface area contributed by atoms with Gasteiger partial charge in [0.25, 0.3) is 5.91 Å². The minimum absolute atomic E-state index is 0.0472. The largest absolute Gasteiger partial charge is 0.492 e. The van der Waals surface area contributed by atoms with Crippen LogP contribution in [-0.2, 0) is 4.84 Å². The summed E-state index contributed by atoms with van der Waals surface area (Å²) in [7, 11) is 3.98. The van der Waals surface area contributed by atoms with E-state index in [-0.39, 0.29) is 38.4 Å². The van der Waals surface area contributed by atoms with Crippen LogP contribution >= 0.6 is 23.2 Å². The molecule has 2 aromatic rings. The zero-order valence-electron chi connectivity index (χ0n) is 13.1. The molecule has 2 N–H and O–H groups in total. The van der Waals surface area contributed by atoms with Crippen molar-refractivity contribution < 1.29 is 18.8 Å². The third-order valence-corrected chi connectivity index (χ3v) is 3.97. The maximum atomic E-state index is 14.6. The predicted octanol–water partition coefficient (Wildman–Crippen LogP) is 3.42. The van der Waals surface area contributed by atoms with Crippen LogP contribution in [0.4, 0.5) is 10.1 Å². The van der Waals surface area contributed by atoms with Crippen LogP contribution in [0.2, 0.25) is 10.0 Å². The fraction of sp³-hybridized carbons (Fsp3) is 0.200. The van der Waals surface area contributed by atoms with Gasteiger partial charge in [0.2, 0.25) is 0 Å². The molecule has 128 valence electrons. The Bertz CT molecular complexity index is 802. The van der Waals surface area contributed by atoms with Gasteiger partial charge >= 0.3 is 0 Å². The van der Waals surface area contributed by atoms with Gasteiger partial charge in [-0.15, -0.1) is 0 Å². The summed E-state index contributed by atoms with van der Waals surface area (Å²) in [6.45, 7) is 0. The maximum Gasteiger partial charge on any atom is 0.297 e. The molecule has 0 saturated heterocycles. The van der Waals surface area contributed by atoms with Crippen LogP contribution in [-0.4, -0.2) is 37.2 Å². The number of methoxy groups -OCH3 is 1. The molecule has 0 saturated carbocycles. The smallest absolute Gasteiger partial charge is 0.297 e. The van der Waals surface area contributed by atoms with Crippen molar-refractivity contribution in [2.75, 3.05) is 27.0 Å². The minimum atomic E-state index is -0.724. The molecular formula is C15H14Cl2FN3O3. The molecule has 0 aliphatic carbocycles. The summed E-state index contributed by atoms with van der Waals surface area (Å²) < 4.78 is 19.5. The third kappa shape index (κ3) is 3.24. The normalized spacial score (nSPS) is 10.6. The SMILES string of the molecule is COc1c(Cl)ccc(-c2cc(N)c(Cl)c(C(=O)N(C)OC)n2)c1F. The molecule has 9 heteroatoms. The van der Waals surface area contributed by atoms with Gasteiger partial charge in [0.05, 0.1) is 35.6 Å². The molecule has 0 aliphatic rings. The number of carbonyl (C=O) groups excluding carboxylic acids is 1. The molecule has 2 rings (SSSR count). The predicted molar refractivity (Wildman–Crippen MR) is 89.7 cm³/mol. The first-order valence-electron chi connectivity index (χ1n) is 6.62. The van der Waals surface area contributed by atoms with Crippen LogP contribution in [0.25, 0.3) is 11.3 Å². The van der Waals surface area contributed by atoms with Crippen LogP contribution in [0, 0.1) is 5.82 Å². The quantitative estimate of drug-likeness (QED) is 0.830. The summed E-state index contributed by atoms with van der Waals surface area (Å²) in [5, 5.41) is 0.987. The van der Waals surface area contributed by atoms with Gasteiger partial charge in [0.1, 0.15) is 0 Å². The van der Waals surface area contributed by atoms with Gasteiger partial charge in [-0.05, 0) is 18.2 Å². The number of hydrogen-bond acceptors (Lipinski definition) is 5. The van der Waals surface area contributed by atoms with Gasteiger partial charge in [-0.2, -0.15) is 0 Å². The highest BCUT2D eigenvalue weighted by Crippen LogP contribution is 2.36. The molecule has 0 aliphatic heterocycles. The second-order valence-corrected chi connectivity index (χ2v) is 5.47. The van der Waals surface area contributed by atoms with E-state index in [1.54, 1.807) is 0 Å². The molecule has 1 aromatic carbocycles. The van der Waals surface area contributed by atoms with E-state index < -0.39 is 11.7 Å². The fourth-order valence-corrected chi connectivity index (χ4v) is 2.38. The Morgan fingerprint density at radius 3 is 2.58 bits per heavy atom. The number of nitrogens with zero attached hydrogens (tertiary/aromatic N) is 2. The first-order chi connectivity index (χ1) is 11.3. The Labute approximate surface area is 147 Å². The number of halogens is 3. The Morgan fingerprint density at radius 1 is 1.33 bits per heavy atom. The average Bonchev–Trinajstić information content (AvgIpc) is 2.56. The second-order valence-electron chi connectivity index (χ2n) is 4.69. The third-order valence-electron chi connectivity index (χ3n) is 3.28. The number of rotatable bonds is 4. The lowest BCUT2D eigenvalue weighted by Gasteiger charge is -2.16. The fourth-order valence-electron chi connectivity index (χ4n) is 1.98. The van der Waals surface area contributed by atoms with E-state index in [9.17, 15) is 9.18 Å². The Morgan fingerprint density at radius 2 is 2.00 bits per heavy atom. The monoisotopic (exact) mass is 373 g/mol. The summed E-state index contributed by atoms with van der Waals surface area (Å²) in [5.74, 6) is -1.48. The zero-order chi connectivity index (χ0) is 18.0. The summed E-state index contributed by atoms with van der Waals surface area (Å²) in [6.07, 6.45) is 0. The molecule has 0 bridgehead atoms. The van der Waals surface area contributed by atoms with Crippen molar-refractivity contribution in [2.45, 2.75) is 0 Å². The summed E-state index contributed by atoms with van der Waals surface area (Å²) in [6, 6.07) is 4.22. The summed E-state index contributed by atoms with van der Waals surface area (Å²) in [5.41, 5.74) is 5.91. The molecule has 6 nitrogen and oxygen atoms in total. The number of benzene rings is 1. The topological polar surface area (TPSA) is 77.7 Å². The van der Waals surface area contributed by atoms with Crippen molar-refractivity contribution in [1.82, 2.24) is 10.0 Å². The number of nitrogen functional groups attached to an aromatic ring is 1. The number of hydrogen-bond donors (Lipinski definition) is 1. The van der Waals surface area contributed by atoms with Gasteiger partial charge in [-0.1, -0.05) is 23.2 Å². The van der Waals surface area contributed by atoms with Crippen molar-refractivity contribution >= 4 is 34.8 Å². The van der Waals surface area contributed by atoms with Gasteiger partial charge in [0, 0.05) is 12.6 Å². The number of pyridine rings is 1.